The summed E-state index contributed by atoms with van der Waals surface area (Å²) in [4.78, 5) is 22.0. The number of hydrogen-bond donors (Lipinski definition) is 1. The van der Waals surface area contributed by atoms with Crippen LogP contribution in [0.2, 0.25) is 0 Å². The summed E-state index contributed by atoms with van der Waals surface area (Å²) in [6.07, 6.45) is 1.36. The van der Waals surface area contributed by atoms with Gasteiger partial charge in [-0.1, -0.05) is 18.2 Å². The van der Waals surface area contributed by atoms with Gasteiger partial charge in [-0.25, -0.2) is 5.43 Å². The van der Waals surface area contributed by atoms with E-state index in [1.165, 1.54) is 18.3 Å². The van der Waals surface area contributed by atoms with Gasteiger partial charge in [-0.2, -0.15) is 5.10 Å². The van der Waals surface area contributed by atoms with Gasteiger partial charge >= 0.3 is 0 Å². The maximum absolute atomic E-state index is 11.8. The van der Waals surface area contributed by atoms with Gasteiger partial charge in [0.05, 0.1) is 11.1 Å². The normalized spacial score (nSPS) is 10.8. The van der Waals surface area contributed by atoms with Crippen molar-refractivity contribution in [1.82, 2.24) is 5.43 Å². The molecule has 0 aliphatic heterocycles. The van der Waals surface area contributed by atoms with E-state index >= 15 is 0 Å². The quantitative estimate of drug-likeness (QED) is 0.383. The summed E-state index contributed by atoms with van der Waals surface area (Å²) in [5, 5.41) is 14.5. The number of non-ortho nitro benzene ring substituents is 1. The minimum absolute atomic E-state index is 0.00715. The molecule has 0 aliphatic rings. The van der Waals surface area contributed by atoms with Crippen LogP contribution < -0.4 is 10.2 Å². The highest BCUT2D eigenvalue weighted by molar-refractivity contribution is 5.81. The van der Waals surface area contributed by atoms with Crippen molar-refractivity contribution in [3.05, 3.63) is 82.1 Å². The van der Waals surface area contributed by atoms with Gasteiger partial charge in [-0.05, 0) is 42.8 Å². The molecule has 0 atom stereocenters. The number of ether oxygens (including phenoxy) is 1. The second-order valence-electron chi connectivity index (χ2n) is 5.85. The molecule has 0 fully saturated rings. The Hall–Kier alpha value is -3.94. The Morgan fingerprint density at radius 1 is 1.18 bits per heavy atom. The lowest BCUT2D eigenvalue weighted by molar-refractivity contribution is -0.384. The third-order valence-corrected chi connectivity index (χ3v) is 3.82. The summed E-state index contributed by atoms with van der Waals surface area (Å²) >= 11 is 0. The average Bonchev–Trinajstić information content (AvgIpc) is 3.16. The number of rotatable bonds is 7. The van der Waals surface area contributed by atoms with Gasteiger partial charge in [0.1, 0.15) is 17.3 Å². The first-order valence-corrected chi connectivity index (χ1v) is 8.38. The fourth-order valence-corrected chi connectivity index (χ4v) is 2.39. The van der Waals surface area contributed by atoms with Crippen molar-refractivity contribution in [3.63, 3.8) is 0 Å². The van der Waals surface area contributed by atoms with Gasteiger partial charge in [0.2, 0.25) is 0 Å². The molecule has 3 rings (SSSR count). The van der Waals surface area contributed by atoms with E-state index in [1.807, 2.05) is 25.1 Å². The highest BCUT2D eigenvalue weighted by Gasteiger charge is 2.08. The molecule has 0 aliphatic carbocycles. The van der Waals surface area contributed by atoms with Crippen LogP contribution in [0.15, 0.2) is 70.2 Å². The molecule has 8 heteroatoms. The molecular formula is C20H17N3O5. The summed E-state index contributed by atoms with van der Waals surface area (Å²) in [6.45, 7) is 1.74. The average molecular weight is 379 g/mol. The van der Waals surface area contributed by atoms with E-state index in [9.17, 15) is 14.9 Å². The molecule has 3 aromatic rings. The van der Waals surface area contributed by atoms with Gasteiger partial charge in [-0.3, -0.25) is 14.9 Å². The molecule has 1 heterocycles. The molecule has 142 valence electrons. The highest BCUT2D eigenvalue weighted by atomic mass is 16.6. The van der Waals surface area contributed by atoms with Crippen molar-refractivity contribution in [1.29, 1.82) is 0 Å². The van der Waals surface area contributed by atoms with Gasteiger partial charge in [0.25, 0.3) is 11.6 Å². The van der Waals surface area contributed by atoms with Crippen LogP contribution in [-0.4, -0.2) is 23.7 Å². The Kier molecular flexibility index (Phi) is 5.81. The number of benzene rings is 2. The predicted octanol–water partition coefficient (Wildman–Crippen LogP) is 3.69. The SMILES string of the molecule is Cc1ccccc1OCC(=O)NN=Cc1ccc(-c2ccc([N+](=O)[O-])cc2)o1. The van der Waals surface area contributed by atoms with Crippen LogP contribution in [0.3, 0.4) is 0 Å². The number of hydrazone groups is 1. The van der Waals surface area contributed by atoms with Crippen molar-refractivity contribution >= 4 is 17.8 Å². The van der Waals surface area contributed by atoms with Crippen LogP contribution in [0.25, 0.3) is 11.3 Å². The first kappa shape index (κ1) is 18.8. The standard InChI is InChI=1S/C20H17N3O5/c1-14-4-2-3-5-18(14)27-13-20(24)22-21-12-17-10-11-19(28-17)15-6-8-16(9-7-15)23(25)26/h2-12H,13H2,1H3,(H,22,24). The highest BCUT2D eigenvalue weighted by Crippen LogP contribution is 2.24. The lowest BCUT2D eigenvalue weighted by Gasteiger charge is -2.07. The lowest BCUT2D eigenvalue weighted by atomic mass is 10.1. The molecule has 0 saturated heterocycles. The van der Waals surface area contributed by atoms with Crippen LogP contribution in [0.1, 0.15) is 11.3 Å². The number of furan rings is 1. The van der Waals surface area contributed by atoms with Crippen molar-refractivity contribution in [2.24, 2.45) is 5.10 Å². The molecular weight excluding hydrogens is 362 g/mol. The number of amides is 1. The Morgan fingerprint density at radius 3 is 2.64 bits per heavy atom. The Morgan fingerprint density at radius 2 is 1.93 bits per heavy atom. The summed E-state index contributed by atoms with van der Waals surface area (Å²) < 4.78 is 11.0. The van der Waals surface area contributed by atoms with Gasteiger partial charge in [0.15, 0.2) is 6.61 Å². The molecule has 1 amide bonds. The number of hydrogen-bond acceptors (Lipinski definition) is 6. The van der Waals surface area contributed by atoms with Gasteiger partial charge < -0.3 is 9.15 Å². The summed E-state index contributed by atoms with van der Waals surface area (Å²) in [7, 11) is 0. The molecule has 1 aromatic heterocycles. The fraction of sp³-hybridized carbons (Fsp3) is 0.100. The molecule has 0 radical (unpaired) electrons. The molecule has 2 aromatic carbocycles. The molecule has 0 bridgehead atoms. The molecule has 0 spiro atoms. The number of carbonyl (C=O) groups excluding carboxylic acids is 1. The zero-order valence-corrected chi connectivity index (χ0v) is 15.0. The van der Waals surface area contributed by atoms with E-state index in [0.29, 0.717) is 22.8 Å². The predicted molar refractivity (Wildman–Crippen MR) is 103 cm³/mol. The number of nitrogens with one attached hydrogen (secondary N) is 1. The van der Waals surface area contributed by atoms with Crippen LogP contribution >= 0.6 is 0 Å². The molecule has 8 nitrogen and oxygen atoms in total. The van der Waals surface area contributed by atoms with E-state index in [1.54, 1.807) is 30.3 Å². The Labute approximate surface area is 160 Å². The number of carbonyl (C=O) groups is 1. The smallest absolute Gasteiger partial charge is 0.277 e. The van der Waals surface area contributed by atoms with E-state index < -0.39 is 10.8 Å². The van der Waals surface area contributed by atoms with Gasteiger partial charge in [0, 0.05) is 17.7 Å². The largest absolute Gasteiger partial charge is 0.483 e. The van der Waals surface area contributed by atoms with Crippen molar-refractivity contribution < 1.29 is 18.9 Å². The second kappa shape index (κ2) is 8.63. The zero-order chi connectivity index (χ0) is 19.9. The van der Waals surface area contributed by atoms with Crippen LogP contribution in [0, 0.1) is 17.0 Å². The first-order chi connectivity index (χ1) is 13.5. The third kappa shape index (κ3) is 4.82. The number of aryl methyl sites for hydroxylation is 1. The maximum Gasteiger partial charge on any atom is 0.277 e. The minimum Gasteiger partial charge on any atom is -0.483 e. The molecule has 1 N–H and O–H groups in total. The third-order valence-electron chi connectivity index (χ3n) is 3.82. The number of nitro groups is 1. The Balaban J connectivity index is 1.53. The minimum atomic E-state index is -0.463. The van der Waals surface area contributed by atoms with Crippen LogP contribution in [0.4, 0.5) is 5.69 Å². The summed E-state index contributed by atoms with van der Waals surface area (Å²) in [6, 6.07) is 16.8. The zero-order valence-electron chi connectivity index (χ0n) is 15.0. The second-order valence-corrected chi connectivity index (χ2v) is 5.85. The molecule has 28 heavy (non-hydrogen) atoms. The lowest BCUT2D eigenvalue weighted by Crippen LogP contribution is -2.24. The number of nitrogens with zero attached hydrogens (tertiary/aromatic N) is 2. The van der Waals surface area contributed by atoms with Crippen molar-refractivity contribution in [3.8, 4) is 17.1 Å². The van der Waals surface area contributed by atoms with Crippen LogP contribution in [-0.2, 0) is 4.79 Å². The van der Waals surface area contributed by atoms with E-state index in [2.05, 4.69) is 10.5 Å². The topological polar surface area (TPSA) is 107 Å². The van der Waals surface area contributed by atoms with E-state index in [4.69, 9.17) is 9.15 Å². The van der Waals surface area contributed by atoms with E-state index in [-0.39, 0.29) is 12.3 Å². The molecule has 0 saturated carbocycles. The van der Waals surface area contributed by atoms with Crippen LogP contribution in [0.5, 0.6) is 5.75 Å². The van der Waals surface area contributed by atoms with Gasteiger partial charge in [-0.15, -0.1) is 0 Å². The number of para-hydroxylation sites is 1. The summed E-state index contributed by atoms with van der Waals surface area (Å²) in [5.74, 6) is 1.20. The number of nitro benzene ring substituents is 1. The van der Waals surface area contributed by atoms with Crippen molar-refractivity contribution in [2.45, 2.75) is 6.92 Å². The summed E-state index contributed by atoms with van der Waals surface area (Å²) in [5.41, 5.74) is 4.00. The molecule has 0 unspecified atom stereocenters. The Bertz CT molecular complexity index is 1010. The maximum atomic E-state index is 11.8. The van der Waals surface area contributed by atoms with E-state index in [0.717, 1.165) is 5.56 Å². The monoisotopic (exact) mass is 379 g/mol. The fourth-order valence-electron chi connectivity index (χ4n) is 2.39. The van der Waals surface area contributed by atoms with Crippen molar-refractivity contribution in [2.75, 3.05) is 6.61 Å². The first-order valence-electron chi connectivity index (χ1n) is 8.38.